The molecule has 0 spiro atoms. The van der Waals surface area contributed by atoms with E-state index in [0.29, 0.717) is 6.54 Å². The summed E-state index contributed by atoms with van der Waals surface area (Å²) in [6.45, 7) is 0.700. The summed E-state index contributed by atoms with van der Waals surface area (Å²) in [6.07, 6.45) is 0. The predicted octanol–water partition coefficient (Wildman–Crippen LogP) is 7.80. The molecule has 0 aliphatic rings. The largest absolute Gasteiger partial charge is 0.497 e. The fourth-order valence-electron chi connectivity index (χ4n) is 4.44. The molecule has 0 unspecified atom stereocenters. The molecule has 0 bridgehead atoms. The molecule has 4 aromatic carbocycles. The highest BCUT2D eigenvalue weighted by molar-refractivity contribution is 9.10. The summed E-state index contributed by atoms with van der Waals surface area (Å²) < 4.78 is 15.0. The number of benzene rings is 4. The molecule has 0 aliphatic carbocycles. The van der Waals surface area contributed by atoms with Crippen molar-refractivity contribution in [2.45, 2.75) is 6.54 Å². The molecular weight excluding hydrogens is 474 g/mol. The number of hydrogen-bond donors (Lipinski definition) is 0. The Bertz CT molecular complexity index is 1410. The second-order valence-corrected chi connectivity index (χ2v) is 8.71. The Kier molecular flexibility index (Phi) is 5.93. The maximum absolute atomic E-state index is 5.91. The SMILES string of the molecule is COc1cc(OC)c2c(-c3ccccc3)c(-c3ccccc3)n(Cc3ccccc3Br)c2c1. The number of methoxy groups -OCH3 is 2. The second kappa shape index (κ2) is 9.16. The summed E-state index contributed by atoms with van der Waals surface area (Å²) in [5, 5.41) is 1.08. The predicted molar refractivity (Wildman–Crippen MR) is 139 cm³/mol. The van der Waals surface area contributed by atoms with Crippen LogP contribution in [0.25, 0.3) is 33.3 Å². The molecule has 0 radical (unpaired) electrons. The Morgan fingerprint density at radius 1 is 0.727 bits per heavy atom. The van der Waals surface area contributed by atoms with E-state index in [4.69, 9.17) is 9.47 Å². The van der Waals surface area contributed by atoms with Gasteiger partial charge in [0.25, 0.3) is 0 Å². The zero-order chi connectivity index (χ0) is 22.8. The van der Waals surface area contributed by atoms with Crippen LogP contribution in [0, 0.1) is 0 Å². The third kappa shape index (κ3) is 3.91. The van der Waals surface area contributed by atoms with Gasteiger partial charge < -0.3 is 14.0 Å². The van der Waals surface area contributed by atoms with Crippen molar-refractivity contribution in [1.82, 2.24) is 4.57 Å². The van der Waals surface area contributed by atoms with Gasteiger partial charge in [-0.3, -0.25) is 0 Å². The molecule has 0 atom stereocenters. The monoisotopic (exact) mass is 497 g/mol. The van der Waals surface area contributed by atoms with Gasteiger partial charge in [0.05, 0.1) is 30.8 Å². The molecule has 3 nitrogen and oxygen atoms in total. The van der Waals surface area contributed by atoms with Crippen molar-refractivity contribution >= 4 is 26.8 Å². The van der Waals surface area contributed by atoms with Gasteiger partial charge in [0.2, 0.25) is 0 Å². The minimum Gasteiger partial charge on any atom is -0.497 e. The molecule has 4 heteroatoms. The second-order valence-electron chi connectivity index (χ2n) is 7.86. The molecule has 5 rings (SSSR count). The number of hydrogen-bond acceptors (Lipinski definition) is 2. The van der Waals surface area contributed by atoms with Crippen LogP contribution in [0.5, 0.6) is 11.5 Å². The van der Waals surface area contributed by atoms with E-state index in [2.05, 4.69) is 99.4 Å². The van der Waals surface area contributed by atoms with E-state index in [1.54, 1.807) is 14.2 Å². The van der Waals surface area contributed by atoms with Gasteiger partial charge in [0.15, 0.2) is 0 Å². The quantitative estimate of drug-likeness (QED) is 0.238. The number of aromatic nitrogens is 1. The van der Waals surface area contributed by atoms with Gasteiger partial charge in [-0.1, -0.05) is 94.8 Å². The molecule has 0 amide bonds. The average molecular weight is 498 g/mol. The van der Waals surface area contributed by atoms with Crippen molar-refractivity contribution in [3.8, 4) is 33.9 Å². The van der Waals surface area contributed by atoms with Crippen LogP contribution in [0.4, 0.5) is 0 Å². The van der Waals surface area contributed by atoms with Crippen molar-refractivity contribution in [1.29, 1.82) is 0 Å². The molecule has 1 heterocycles. The van der Waals surface area contributed by atoms with Gasteiger partial charge in [-0.15, -0.1) is 0 Å². The first-order chi connectivity index (χ1) is 16.2. The Morgan fingerprint density at radius 3 is 2.00 bits per heavy atom. The highest BCUT2D eigenvalue weighted by Gasteiger charge is 2.24. The minimum absolute atomic E-state index is 0.700. The lowest BCUT2D eigenvalue weighted by Crippen LogP contribution is -2.03. The highest BCUT2D eigenvalue weighted by atomic mass is 79.9. The smallest absolute Gasteiger partial charge is 0.132 e. The number of halogens is 1. The fourth-order valence-corrected chi connectivity index (χ4v) is 4.85. The third-order valence-electron chi connectivity index (χ3n) is 5.95. The van der Waals surface area contributed by atoms with Gasteiger partial charge >= 0.3 is 0 Å². The lowest BCUT2D eigenvalue weighted by atomic mass is 9.98. The first kappa shape index (κ1) is 21.4. The number of nitrogens with zero attached hydrogens (tertiary/aromatic N) is 1. The number of fused-ring (bicyclic) bond motifs is 1. The van der Waals surface area contributed by atoms with Crippen LogP contribution in [-0.4, -0.2) is 18.8 Å². The standard InChI is InChI=1S/C29H24BrNO2/c1-32-23-17-25-28(26(18-23)33-2)27(20-11-5-3-6-12-20)29(21-13-7-4-8-14-21)31(25)19-22-15-9-10-16-24(22)30/h3-18H,19H2,1-2H3. The molecule has 0 saturated heterocycles. The topological polar surface area (TPSA) is 23.4 Å². The zero-order valence-electron chi connectivity index (χ0n) is 18.6. The van der Waals surface area contributed by atoms with Gasteiger partial charge in [-0.2, -0.15) is 0 Å². The Labute approximate surface area is 202 Å². The zero-order valence-corrected chi connectivity index (χ0v) is 20.2. The highest BCUT2D eigenvalue weighted by Crippen LogP contribution is 2.46. The van der Waals surface area contributed by atoms with Crippen LogP contribution in [0.1, 0.15) is 5.56 Å². The van der Waals surface area contributed by atoms with Gasteiger partial charge in [0, 0.05) is 28.7 Å². The maximum Gasteiger partial charge on any atom is 0.132 e. The Morgan fingerprint density at radius 2 is 1.36 bits per heavy atom. The summed E-state index contributed by atoms with van der Waals surface area (Å²) in [7, 11) is 3.41. The molecule has 164 valence electrons. The molecule has 0 aliphatic heterocycles. The first-order valence-corrected chi connectivity index (χ1v) is 11.6. The van der Waals surface area contributed by atoms with Crippen molar-refractivity contribution in [2.75, 3.05) is 14.2 Å². The number of rotatable bonds is 6. The minimum atomic E-state index is 0.700. The molecule has 0 saturated carbocycles. The van der Waals surface area contributed by atoms with Gasteiger partial charge in [-0.25, -0.2) is 0 Å². The molecule has 0 N–H and O–H groups in total. The van der Waals surface area contributed by atoms with Crippen molar-refractivity contribution in [3.63, 3.8) is 0 Å². The third-order valence-corrected chi connectivity index (χ3v) is 6.73. The molecular formula is C29H24BrNO2. The normalized spacial score (nSPS) is 11.0. The van der Waals surface area contributed by atoms with Crippen molar-refractivity contribution < 1.29 is 9.47 Å². The lowest BCUT2D eigenvalue weighted by molar-refractivity contribution is 0.398. The summed E-state index contributed by atoms with van der Waals surface area (Å²) >= 11 is 3.74. The van der Waals surface area contributed by atoms with Crippen LogP contribution in [0.2, 0.25) is 0 Å². The summed E-state index contributed by atoms with van der Waals surface area (Å²) in [4.78, 5) is 0. The average Bonchev–Trinajstić information content (AvgIpc) is 3.19. The lowest BCUT2D eigenvalue weighted by Gasteiger charge is -2.14. The van der Waals surface area contributed by atoms with E-state index in [9.17, 15) is 0 Å². The fraction of sp³-hybridized carbons (Fsp3) is 0.103. The van der Waals surface area contributed by atoms with Crippen LogP contribution < -0.4 is 9.47 Å². The molecule has 1 aromatic heterocycles. The Hall–Kier alpha value is -3.50. The summed E-state index contributed by atoms with van der Waals surface area (Å²) in [5.74, 6) is 1.57. The van der Waals surface area contributed by atoms with E-state index in [0.717, 1.165) is 49.3 Å². The Balaban J connectivity index is 1.93. The molecule has 5 aromatic rings. The van der Waals surface area contributed by atoms with E-state index in [-0.39, 0.29) is 0 Å². The van der Waals surface area contributed by atoms with E-state index in [1.165, 1.54) is 5.56 Å². The first-order valence-electron chi connectivity index (χ1n) is 10.8. The van der Waals surface area contributed by atoms with E-state index >= 15 is 0 Å². The van der Waals surface area contributed by atoms with Crippen molar-refractivity contribution in [2.24, 2.45) is 0 Å². The number of ether oxygens (including phenoxy) is 2. The van der Waals surface area contributed by atoms with Crippen LogP contribution in [0.15, 0.2) is 102 Å². The van der Waals surface area contributed by atoms with Crippen LogP contribution >= 0.6 is 15.9 Å². The van der Waals surface area contributed by atoms with E-state index < -0.39 is 0 Å². The van der Waals surface area contributed by atoms with E-state index in [1.807, 2.05) is 18.2 Å². The molecule has 33 heavy (non-hydrogen) atoms. The maximum atomic E-state index is 5.91. The molecule has 0 fully saturated rings. The van der Waals surface area contributed by atoms with Crippen LogP contribution in [0.3, 0.4) is 0 Å². The van der Waals surface area contributed by atoms with Gasteiger partial charge in [0.1, 0.15) is 11.5 Å². The summed E-state index contributed by atoms with van der Waals surface area (Å²) in [5.41, 5.74) is 6.88. The summed E-state index contributed by atoms with van der Waals surface area (Å²) in [6, 6.07) is 33.5. The van der Waals surface area contributed by atoms with Crippen LogP contribution in [-0.2, 0) is 6.54 Å². The van der Waals surface area contributed by atoms with Crippen molar-refractivity contribution in [3.05, 3.63) is 107 Å². The van der Waals surface area contributed by atoms with Gasteiger partial charge in [-0.05, 0) is 22.8 Å².